The molecule has 9 nitrogen and oxygen atoms in total. The number of nitrogens with one attached hydrogen (secondary N) is 3. The Morgan fingerprint density at radius 2 is 1.72 bits per heavy atom. The molecule has 0 fully saturated rings. The van der Waals surface area contributed by atoms with Gasteiger partial charge in [0.25, 0.3) is 5.91 Å². The van der Waals surface area contributed by atoms with Gasteiger partial charge >= 0.3 is 0 Å². The Kier molecular flexibility index (Phi) is 8.32. The van der Waals surface area contributed by atoms with Crippen LogP contribution in [-0.2, 0) is 15.7 Å². The van der Waals surface area contributed by atoms with Gasteiger partial charge in [-0.05, 0) is 42.5 Å². The number of rotatable bonds is 10. The Hall–Kier alpha value is -3.73. The van der Waals surface area contributed by atoms with Crippen molar-refractivity contribution in [3.05, 3.63) is 77.3 Å². The van der Waals surface area contributed by atoms with Crippen molar-refractivity contribution in [3.8, 4) is 5.75 Å². The summed E-state index contributed by atoms with van der Waals surface area (Å²) in [5, 5.41) is 6.36. The third-order valence-electron chi connectivity index (χ3n) is 5.09. The van der Waals surface area contributed by atoms with Gasteiger partial charge in [0.05, 0.1) is 40.4 Å². The van der Waals surface area contributed by atoms with E-state index in [1.54, 1.807) is 56.7 Å². The van der Waals surface area contributed by atoms with E-state index < -0.39 is 11.0 Å². The van der Waals surface area contributed by atoms with Crippen LogP contribution in [0.4, 0.5) is 17.3 Å². The summed E-state index contributed by atoms with van der Waals surface area (Å²) in [5.74, 6) is 0.896. The van der Waals surface area contributed by atoms with Gasteiger partial charge in [-0.1, -0.05) is 29.8 Å². The number of fused-ring (bicyclic) bond motifs is 1. The van der Waals surface area contributed by atoms with Gasteiger partial charge in [-0.3, -0.25) is 9.52 Å². The molecule has 4 aromatic rings. The molecule has 11 heteroatoms. The van der Waals surface area contributed by atoms with Gasteiger partial charge in [0.15, 0.2) is 22.6 Å². The number of aromatic nitrogens is 2. The maximum absolute atomic E-state index is 13.3. The average Bonchev–Trinajstić information content (AvgIpc) is 2.90. The number of nitrogens with zero attached hydrogens (tertiary/aromatic N) is 2. The monoisotopic (exact) mass is 525 g/mol. The van der Waals surface area contributed by atoms with Crippen molar-refractivity contribution in [2.45, 2.75) is 4.90 Å². The lowest BCUT2D eigenvalue weighted by molar-refractivity contribution is 0.0937. The van der Waals surface area contributed by atoms with Crippen LogP contribution in [0.15, 0.2) is 71.6 Å². The molecule has 0 radical (unpaired) electrons. The van der Waals surface area contributed by atoms with E-state index in [1.807, 2.05) is 24.3 Å². The maximum atomic E-state index is 13.3. The first-order valence-electron chi connectivity index (χ1n) is 10.9. The van der Waals surface area contributed by atoms with Crippen molar-refractivity contribution in [2.75, 3.05) is 37.4 Å². The fourth-order valence-electron chi connectivity index (χ4n) is 3.28. The van der Waals surface area contributed by atoms with Crippen LogP contribution < -0.4 is 20.1 Å². The van der Waals surface area contributed by atoms with Crippen LogP contribution >= 0.6 is 11.6 Å². The number of hydrogen-bond acceptors (Lipinski definition) is 7. The van der Waals surface area contributed by atoms with E-state index in [9.17, 15) is 9.00 Å². The van der Waals surface area contributed by atoms with E-state index in [-0.39, 0.29) is 11.7 Å². The number of halogens is 1. The quantitative estimate of drug-likeness (QED) is 0.260. The molecule has 186 valence electrons. The van der Waals surface area contributed by atoms with Gasteiger partial charge in [0, 0.05) is 25.3 Å². The summed E-state index contributed by atoms with van der Waals surface area (Å²) in [6, 6.07) is 19.0. The smallest absolute Gasteiger partial charge is 0.251 e. The van der Waals surface area contributed by atoms with Gasteiger partial charge in [-0.15, -0.1) is 0 Å². The normalized spacial score (nSPS) is 11.6. The van der Waals surface area contributed by atoms with Gasteiger partial charge in [-0.2, -0.15) is 0 Å². The molecule has 36 heavy (non-hydrogen) atoms. The molecule has 0 aliphatic heterocycles. The summed E-state index contributed by atoms with van der Waals surface area (Å²) >= 11 is 6.38. The lowest BCUT2D eigenvalue weighted by Crippen LogP contribution is -2.27. The summed E-state index contributed by atoms with van der Waals surface area (Å²) < 4.78 is 26.4. The average molecular weight is 526 g/mol. The highest BCUT2D eigenvalue weighted by atomic mass is 35.5. The Balaban J connectivity index is 1.64. The summed E-state index contributed by atoms with van der Waals surface area (Å²) in [6.45, 7) is 0.766. The summed E-state index contributed by atoms with van der Waals surface area (Å²) in [4.78, 5) is 22.1. The van der Waals surface area contributed by atoms with Gasteiger partial charge in [0.2, 0.25) is 0 Å². The molecule has 1 amide bonds. The minimum absolute atomic E-state index is 0.251. The topological polar surface area (TPSA) is 114 Å². The van der Waals surface area contributed by atoms with Crippen molar-refractivity contribution >= 4 is 56.9 Å². The van der Waals surface area contributed by atoms with Gasteiger partial charge in [0.1, 0.15) is 5.75 Å². The molecule has 0 aliphatic rings. The predicted molar refractivity (Wildman–Crippen MR) is 142 cm³/mol. The third-order valence-corrected chi connectivity index (χ3v) is 6.48. The first-order chi connectivity index (χ1) is 17.5. The highest BCUT2D eigenvalue weighted by Gasteiger charge is 2.16. The van der Waals surface area contributed by atoms with Crippen LogP contribution in [-0.4, -0.2) is 47.5 Å². The molecule has 0 spiro atoms. The standard InChI is InChI=1S/C25H24ClN5O4S/c1-34-13-12-27-25(32)16-6-5-7-18(14-16)36(33)31-24-23(28-20-8-3-4-9-21(20)29-24)30-22-15-17(35-2)10-11-19(22)26/h3-11,14-15H,12-13H2,1-2H3,(H,27,32)(H,28,30)(H,29,31). The lowest BCUT2D eigenvalue weighted by Gasteiger charge is -2.15. The van der Waals surface area contributed by atoms with Crippen LogP contribution in [0.5, 0.6) is 5.75 Å². The number of benzene rings is 3. The minimum Gasteiger partial charge on any atom is -0.497 e. The minimum atomic E-state index is -1.75. The van der Waals surface area contributed by atoms with Crippen molar-refractivity contribution in [1.29, 1.82) is 0 Å². The van der Waals surface area contributed by atoms with Crippen molar-refractivity contribution in [3.63, 3.8) is 0 Å². The second-order valence-electron chi connectivity index (χ2n) is 7.53. The second-order valence-corrected chi connectivity index (χ2v) is 9.15. The number of hydrogen-bond donors (Lipinski definition) is 3. The molecule has 1 heterocycles. The van der Waals surface area contributed by atoms with E-state index >= 15 is 0 Å². The Morgan fingerprint density at radius 1 is 0.972 bits per heavy atom. The zero-order valence-electron chi connectivity index (χ0n) is 19.6. The van der Waals surface area contributed by atoms with Crippen LogP contribution in [0.3, 0.4) is 0 Å². The highest BCUT2D eigenvalue weighted by molar-refractivity contribution is 7.86. The Bertz CT molecular complexity index is 1420. The van der Waals surface area contributed by atoms with Crippen molar-refractivity contribution in [1.82, 2.24) is 15.3 Å². The van der Waals surface area contributed by atoms with Gasteiger partial charge < -0.3 is 20.1 Å². The maximum Gasteiger partial charge on any atom is 0.251 e. The Labute approximate surface area is 215 Å². The zero-order chi connectivity index (χ0) is 25.5. The zero-order valence-corrected chi connectivity index (χ0v) is 21.2. The molecule has 1 atom stereocenters. The Morgan fingerprint density at radius 3 is 2.44 bits per heavy atom. The molecule has 0 saturated carbocycles. The molecule has 3 aromatic carbocycles. The van der Waals surface area contributed by atoms with E-state index in [0.717, 1.165) is 0 Å². The molecule has 1 unspecified atom stereocenters. The number of anilines is 3. The first kappa shape index (κ1) is 25.4. The van der Waals surface area contributed by atoms with Crippen LogP contribution in [0.2, 0.25) is 5.02 Å². The predicted octanol–water partition coefficient (Wildman–Crippen LogP) is 4.55. The fraction of sp³-hybridized carbons (Fsp3) is 0.160. The molecule has 0 aliphatic carbocycles. The molecule has 0 saturated heterocycles. The summed E-state index contributed by atoms with van der Waals surface area (Å²) in [5.41, 5.74) is 2.18. The van der Waals surface area contributed by atoms with Crippen LogP contribution in [0.1, 0.15) is 10.4 Å². The molecule has 1 aromatic heterocycles. The van der Waals surface area contributed by atoms with E-state index in [0.29, 0.717) is 56.9 Å². The molecular weight excluding hydrogens is 502 g/mol. The van der Waals surface area contributed by atoms with Crippen LogP contribution in [0.25, 0.3) is 11.0 Å². The molecular formula is C25H24ClN5O4S. The summed E-state index contributed by atoms with van der Waals surface area (Å²) in [7, 11) is 1.37. The molecule has 0 bridgehead atoms. The van der Waals surface area contributed by atoms with E-state index in [4.69, 9.17) is 21.1 Å². The van der Waals surface area contributed by atoms with Crippen molar-refractivity contribution < 1.29 is 18.5 Å². The van der Waals surface area contributed by atoms with Crippen molar-refractivity contribution in [2.24, 2.45) is 0 Å². The number of methoxy groups -OCH3 is 2. The molecule has 3 N–H and O–H groups in total. The van der Waals surface area contributed by atoms with Gasteiger partial charge in [-0.25, -0.2) is 14.2 Å². The number of amides is 1. The fourth-order valence-corrected chi connectivity index (χ4v) is 4.32. The number of carbonyl (C=O) groups is 1. The summed E-state index contributed by atoms with van der Waals surface area (Å²) in [6.07, 6.45) is 0. The second kappa shape index (κ2) is 11.8. The lowest BCUT2D eigenvalue weighted by atomic mass is 10.2. The third kappa shape index (κ3) is 6.09. The first-order valence-corrected chi connectivity index (χ1v) is 12.4. The molecule has 4 rings (SSSR count). The highest BCUT2D eigenvalue weighted by Crippen LogP contribution is 2.32. The van der Waals surface area contributed by atoms with E-state index in [1.165, 1.54) is 0 Å². The number of ether oxygens (including phenoxy) is 2. The van der Waals surface area contributed by atoms with Crippen LogP contribution in [0, 0.1) is 0 Å². The SMILES string of the molecule is COCCNC(=O)c1cccc(S(=O)Nc2nc3ccccc3nc2Nc2cc(OC)ccc2Cl)c1. The number of carbonyl (C=O) groups excluding carboxylic acids is 1. The largest absolute Gasteiger partial charge is 0.497 e. The van der Waals surface area contributed by atoms with E-state index in [2.05, 4.69) is 25.3 Å². The number of para-hydroxylation sites is 2.